The molecule has 1 aliphatic heterocycles. The molecule has 23 heavy (non-hydrogen) atoms. The summed E-state index contributed by atoms with van der Waals surface area (Å²) in [4.78, 5) is 8.99. The minimum atomic E-state index is -0.470. The van der Waals surface area contributed by atoms with Crippen LogP contribution in [0.1, 0.15) is 11.7 Å². The Hall–Kier alpha value is -2.11. The molecule has 1 atom stereocenters. The molecular formula is C18H23N3O2. The zero-order chi connectivity index (χ0) is 16.1. The largest absolute Gasteiger partial charge is 0.497 e. The number of pyridine rings is 1. The molecule has 0 unspecified atom stereocenters. The van der Waals surface area contributed by atoms with Crippen molar-refractivity contribution in [2.75, 3.05) is 44.7 Å². The molecule has 0 aliphatic carbocycles. The first-order valence-corrected chi connectivity index (χ1v) is 7.96. The number of anilines is 1. The quantitative estimate of drug-likeness (QED) is 0.914. The van der Waals surface area contributed by atoms with E-state index in [4.69, 9.17) is 4.74 Å². The summed E-state index contributed by atoms with van der Waals surface area (Å²) in [6, 6.07) is 13.6. The maximum Gasteiger partial charge on any atom is 0.128 e. The Balaban J connectivity index is 1.51. The van der Waals surface area contributed by atoms with Crippen LogP contribution in [0.15, 0.2) is 48.7 Å². The number of rotatable bonds is 5. The number of hydrogen-bond donors (Lipinski definition) is 1. The van der Waals surface area contributed by atoms with E-state index in [0.717, 1.165) is 43.3 Å². The van der Waals surface area contributed by atoms with Gasteiger partial charge in [-0.05, 0) is 29.8 Å². The Kier molecular flexibility index (Phi) is 5.10. The van der Waals surface area contributed by atoms with Gasteiger partial charge in [-0.1, -0.05) is 18.2 Å². The average Bonchev–Trinajstić information content (AvgIpc) is 2.63. The van der Waals surface area contributed by atoms with Crippen molar-refractivity contribution in [3.8, 4) is 5.75 Å². The van der Waals surface area contributed by atoms with Gasteiger partial charge in [-0.2, -0.15) is 0 Å². The molecule has 0 bridgehead atoms. The number of methoxy groups -OCH3 is 1. The molecule has 5 heteroatoms. The van der Waals surface area contributed by atoms with Crippen LogP contribution < -0.4 is 9.64 Å². The van der Waals surface area contributed by atoms with Gasteiger partial charge in [0.2, 0.25) is 0 Å². The molecule has 1 N–H and O–H groups in total. The van der Waals surface area contributed by atoms with Crippen molar-refractivity contribution in [1.82, 2.24) is 9.88 Å². The van der Waals surface area contributed by atoms with Gasteiger partial charge < -0.3 is 14.7 Å². The minimum absolute atomic E-state index is 0.470. The van der Waals surface area contributed by atoms with Crippen LogP contribution in [0.2, 0.25) is 0 Å². The van der Waals surface area contributed by atoms with E-state index in [1.807, 2.05) is 48.7 Å². The molecular weight excluding hydrogens is 290 g/mol. The first-order valence-electron chi connectivity index (χ1n) is 7.96. The zero-order valence-electron chi connectivity index (χ0n) is 13.4. The fourth-order valence-electron chi connectivity index (χ4n) is 2.88. The molecule has 1 aliphatic rings. The van der Waals surface area contributed by atoms with E-state index in [0.29, 0.717) is 6.54 Å². The number of benzene rings is 1. The number of hydrogen-bond acceptors (Lipinski definition) is 5. The number of ether oxygens (including phenoxy) is 1. The molecule has 1 aromatic heterocycles. The number of nitrogens with zero attached hydrogens (tertiary/aromatic N) is 3. The van der Waals surface area contributed by atoms with E-state index in [1.165, 1.54) is 0 Å². The molecule has 0 radical (unpaired) electrons. The Morgan fingerprint density at radius 2 is 1.83 bits per heavy atom. The first kappa shape index (κ1) is 15.8. The third kappa shape index (κ3) is 4.00. The number of β-amino-alcohol motifs (C(OH)–C–C–N with tert-alkyl or cyclic N) is 1. The third-order valence-electron chi connectivity index (χ3n) is 4.28. The maximum atomic E-state index is 10.4. The average molecular weight is 313 g/mol. The van der Waals surface area contributed by atoms with Gasteiger partial charge in [0.15, 0.2) is 0 Å². The van der Waals surface area contributed by atoms with E-state index < -0.39 is 6.10 Å². The van der Waals surface area contributed by atoms with Gasteiger partial charge in [0.25, 0.3) is 0 Å². The summed E-state index contributed by atoms with van der Waals surface area (Å²) in [5.41, 5.74) is 0.929. The topological polar surface area (TPSA) is 48.8 Å². The van der Waals surface area contributed by atoms with Crippen LogP contribution >= 0.6 is 0 Å². The van der Waals surface area contributed by atoms with Gasteiger partial charge >= 0.3 is 0 Å². The molecule has 1 saturated heterocycles. The van der Waals surface area contributed by atoms with Crippen LogP contribution in [-0.2, 0) is 0 Å². The van der Waals surface area contributed by atoms with E-state index >= 15 is 0 Å². The SMILES string of the molecule is COc1ccc([C@@H](O)CN2CCN(c3ccccn3)CC2)cc1. The fraction of sp³-hybridized carbons (Fsp3) is 0.389. The normalized spacial score (nSPS) is 17.0. The van der Waals surface area contributed by atoms with Crippen molar-refractivity contribution < 1.29 is 9.84 Å². The predicted molar refractivity (Wildman–Crippen MR) is 90.8 cm³/mol. The van der Waals surface area contributed by atoms with Crippen molar-refractivity contribution in [3.63, 3.8) is 0 Å². The highest BCUT2D eigenvalue weighted by Gasteiger charge is 2.20. The second-order valence-corrected chi connectivity index (χ2v) is 5.76. The van der Waals surface area contributed by atoms with Crippen molar-refractivity contribution >= 4 is 5.82 Å². The summed E-state index contributed by atoms with van der Waals surface area (Å²) >= 11 is 0. The predicted octanol–water partition coefficient (Wildman–Crippen LogP) is 1.95. The summed E-state index contributed by atoms with van der Waals surface area (Å²) in [6.07, 6.45) is 1.36. The number of piperazine rings is 1. The summed E-state index contributed by atoms with van der Waals surface area (Å²) < 4.78 is 5.15. The summed E-state index contributed by atoms with van der Waals surface area (Å²) in [7, 11) is 1.65. The third-order valence-corrected chi connectivity index (χ3v) is 4.28. The number of aromatic nitrogens is 1. The Bertz CT molecular complexity index is 595. The summed E-state index contributed by atoms with van der Waals surface area (Å²) in [5.74, 6) is 1.84. The van der Waals surface area contributed by atoms with Crippen LogP contribution in [-0.4, -0.2) is 54.8 Å². The van der Waals surface area contributed by atoms with Crippen LogP contribution in [0.25, 0.3) is 0 Å². The van der Waals surface area contributed by atoms with Crippen molar-refractivity contribution in [1.29, 1.82) is 0 Å². The second kappa shape index (κ2) is 7.44. The molecule has 0 saturated carbocycles. The van der Waals surface area contributed by atoms with Gasteiger partial charge in [0.05, 0.1) is 13.2 Å². The van der Waals surface area contributed by atoms with Gasteiger partial charge in [-0.15, -0.1) is 0 Å². The van der Waals surface area contributed by atoms with Crippen molar-refractivity contribution in [2.45, 2.75) is 6.10 Å². The van der Waals surface area contributed by atoms with Crippen molar-refractivity contribution in [2.24, 2.45) is 0 Å². The van der Waals surface area contributed by atoms with E-state index in [9.17, 15) is 5.11 Å². The van der Waals surface area contributed by atoms with Gasteiger partial charge in [-0.3, -0.25) is 4.90 Å². The molecule has 1 aromatic carbocycles. The Morgan fingerprint density at radius 3 is 2.43 bits per heavy atom. The fourth-order valence-corrected chi connectivity index (χ4v) is 2.88. The molecule has 2 aromatic rings. The van der Waals surface area contributed by atoms with E-state index in [2.05, 4.69) is 14.8 Å². The Morgan fingerprint density at radius 1 is 1.09 bits per heavy atom. The maximum absolute atomic E-state index is 10.4. The second-order valence-electron chi connectivity index (χ2n) is 5.76. The van der Waals surface area contributed by atoms with Crippen LogP contribution in [0, 0.1) is 0 Å². The lowest BCUT2D eigenvalue weighted by molar-refractivity contribution is 0.109. The smallest absolute Gasteiger partial charge is 0.128 e. The minimum Gasteiger partial charge on any atom is -0.497 e. The molecule has 5 nitrogen and oxygen atoms in total. The number of aliphatic hydroxyl groups excluding tert-OH is 1. The van der Waals surface area contributed by atoms with Gasteiger partial charge in [0, 0.05) is 38.9 Å². The standard InChI is InChI=1S/C18H23N3O2/c1-23-16-7-5-15(6-8-16)17(22)14-20-10-12-21(13-11-20)18-4-2-3-9-19-18/h2-9,17,22H,10-14H2,1H3/t17-/m0/s1. The summed E-state index contributed by atoms with van der Waals surface area (Å²) in [6.45, 7) is 4.40. The molecule has 122 valence electrons. The molecule has 2 heterocycles. The van der Waals surface area contributed by atoms with E-state index in [1.54, 1.807) is 7.11 Å². The van der Waals surface area contributed by atoms with E-state index in [-0.39, 0.29) is 0 Å². The lowest BCUT2D eigenvalue weighted by atomic mass is 10.1. The highest BCUT2D eigenvalue weighted by Crippen LogP contribution is 2.20. The molecule has 1 fully saturated rings. The molecule has 0 spiro atoms. The molecule has 0 amide bonds. The van der Waals surface area contributed by atoms with Gasteiger partial charge in [0.1, 0.15) is 11.6 Å². The van der Waals surface area contributed by atoms with Crippen LogP contribution in [0.5, 0.6) is 5.75 Å². The monoisotopic (exact) mass is 313 g/mol. The zero-order valence-corrected chi connectivity index (χ0v) is 13.4. The number of aliphatic hydroxyl groups is 1. The Labute approximate surface area is 137 Å². The van der Waals surface area contributed by atoms with Crippen LogP contribution in [0.4, 0.5) is 5.82 Å². The molecule has 3 rings (SSSR count). The highest BCUT2D eigenvalue weighted by molar-refractivity contribution is 5.38. The first-order chi connectivity index (χ1) is 11.3. The van der Waals surface area contributed by atoms with Crippen molar-refractivity contribution in [3.05, 3.63) is 54.2 Å². The summed E-state index contributed by atoms with van der Waals surface area (Å²) in [5, 5.41) is 10.4. The highest BCUT2D eigenvalue weighted by atomic mass is 16.5. The lowest BCUT2D eigenvalue weighted by Crippen LogP contribution is -2.47. The van der Waals surface area contributed by atoms with Crippen LogP contribution in [0.3, 0.4) is 0 Å². The van der Waals surface area contributed by atoms with Gasteiger partial charge in [-0.25, -0.2) is 4.98 Å². The lowest BCUT2D eigenvalue weighted by Gasteiger charge is -2.36.